The molecule has 33 heavy (non-hydrogen) atoms. The molecule has 1 aliphatic rings. The second-order valence-corrected chi connectivity index (χ2v) is 9.38. The van der Waals surface area contributed by atoms with Crippen LogP contribution in [-0.4, -0.2) is 50.3 Å². The molecule has 172 valence electrons. The van der Waals surface area contributed by atoms with Crippen LogP contribution < -0.4 is 0 Å². The molecule has 10 heteroatoms. The van der Waals surface area contributed by atoms with Crippen molar-refractivity contribution in [3.05, 3.63) is 58.1 Å². The van der Waals surface area contributed by atoms with Crippen LogP contribution in [0.15, 0.2) is 47.1 Å². The zero-order chi connectivity index (χ0) is 22.9. The number of ether oxygens (including phenoxy) is 1. The predicted octanol–water partition coefficient (Wildman–Crippen LogP) is 4.77. The van der Waals surface area contributed by atoms with Crippen molar-refractivity contribution < 1.29 is 19.1 Å². The van der Waals surface area contributed by atoms with Crippen molar-refractivity contribution in [2.24, 2.45) is 5.92 Å². The van der Waals surface area contributed by atoms with Crippen molar-refractivity contribution in [2.45, 2.75) is 25.8 Å². The van der Waals surface area contributed by atoms with Crippen LogP contribution >= 0.6 is 22.9 Å². The van der Waals surface area contributed by atoms with Crippen molar-refractivity contribution >= 4 is 33.9 Å². The molecule has 0 radical (unpaired) electrons. The summed E-state index contributed by atoms with van der Waals surface area (Å²) in [5.41, 5.74) is 0.968. The van der Waals surface area contributed by atoms with E-state index < -0.39 is 0 Å². The van der Waals surface area contributed by atoms with E-state index in [0.717, 1.165) is 24.9 Å². The van der Waals surface area contributed by atoms with Gasteiger partial charge in [-0.3, -0.25) is 9.69 Å². The molecule has 8 nitrogen and oxygen atoms in total. The Hall–Kier alpha value is -2.88. The highest BCUT2D eigenvalue weighted by Crippen LogP contribution is 2.42. The van der Waals surface area contributed by atoms with Crippen LogP contribution in [0, 0.1) is 5.92 Å². The number of aromatic nitrogens is 3. The van der Waals surface area contributed by atoms with Gasteiger partial charge in [-0.1, -0.05) is 35.1 Å². The molecule has 0 unspecified atom stereocenters. The Bertz CT molecular complexity index is 1250. The molecule has 5 rings (SSSR count). The number of hydrogen-bond acceptors (Lipinski definition) is 8. The summed E-state index contributed by atoms with van der Waals surface area (Å²) in [6.45, 7) is 3.51. The highest BCUT2D eigenvalue weighted by atomic mass is 35.5. The third-order valence-electron chi connectivity index (χ3n) is 5.81. The Morgan fingerprint density at radius 3 is 2.88 bits per heavy atom. The highest BCUT2D eigenvalue weighted by molar-refractivity contribution is 7.17. The molecule has 1 N–H and O–H groups in total. The summed E-state index contributed by atoms with van der Waals surface area (Å²) in [5.74, 6) is 0.597. The first kappa shape index (κ1) is 21.9. The lowest BCUT2D eigenvalue weighted by Gasteiger charge is -2.37. The van der Waals surface area contributed by atoms with Gasteiger partial charge in [0.1, 0.15) is 0 Å². The number of halogens is 1. The van der Waals surface area contributed by atoms with Crippen molar-refractivity contribution in [1.29, 1.82) is 0 Å². The number of aromatic hydroxyl groups is 1. The maximum absolute atomic E-state index is 12.5. The van der Waals surface area contributed by atoms with E-state index in [9.17, 15) is 9.90 Å². The Balaban J connectivity index is 1.54. The molecule has 1 saturated heterocycles. The normalized spacial score (nSPS) is 17.9. The first-order chi connectivity index (χ1) is 16.0. The number of likely N-dealkylation sites (tertiary alicyclic amines) is 1. The largest absolute Gasteiger partial charge is 0.492 e. The summed E-state index contributed by atoms with van der Waals surface area (Å²) in [7, 11) is 0. The molecule has 0 aliphatic carbocycles. The molecule has 2 atom stereocenters. The van der Waals surface area contributed by atoms with E-state index in [1.54, 1.807) is 18.4 Å². The minimum absolute atomic E-state index is 0.0264. The fraction of sp³-hybridized carbons (Fsp3) is 0.348. The predicted molar refractivity (Wildman–Crippen MR) is 124 cm³/mol. The number of carbonyl (C=O) groups is 1. The smallest absolute Gasteiger partial charge is 0.310 e. The number of nitrogens with zero attached hydrogens (tertiary/aromatic N) is 4. The lowest BCUT2D eigenvalue weighted by molar-refractivity contribution is -0.150. The number of rotatable bonds is 6. The van der Waals surface area contributed by atoms with Crippen LogP contribution in [-0.2, 0) is 9.53 Å². The van der Waals surface area contributed by atoms with E-state index in [0.29, 0.717) is 39.6 Å². The lowest BCUT2D eigenvalue weighted by atomic mass is 9.94. The summed E-state index contributed by atoms with van der Waals surface area (Å²) >= 11 is 7.51. The summed E-state index contributed by atoms with van der Waals surface area (Å²) in [5, 5.41) is 16.2. The summed E-state index contributed by atoms with van der Waals surface area (Å²) in [6.07, 6.45) is 3.21. The van der Waals surface area contributed by atoms with Crippen molar-refractivity contribution in [3.63, 3.8) is 0 Å². The summed E-state index contributed by atoms with van der Waals surface area (Å²) in [6, 6.07) is 10.8. The zero-order valence-electron chi connectivity index (χ0n) is 18.0. The maximum Gasteiger partial charge on any atom is 0.310 e. The third kappa shape index (κ3) is 4.23. The molecule has 0 amide bonds. The van der Waals surface area contributed by atoms with Crippen molar-refractivity contribution in [2.75, 3.05) is 19.7 Å². The molecule has 4 aromatic rings. The zero-order valence-corrected chi connectivity index (χ0v) is 19.6. The monoisotopic (exact) mass is 486 g/mol. The van der Waals surface area contributed by atoms with Gasteiger partial charge < -0.3 is 14.3 Å². The number of fused-ring (bicyclic) bond motifs is 1. The summed E-state index contributed by atoms with van der Waals surface area (Å²) in [4.78, 5) is 20.5. The quantitative estimate of drug-likeness (QED) is 0.392. The summed E-state index contributed by atoms with van der Waals surface area (Å²) < 4.78 is 12.1. The van der Waals surface area contributed by atoms with E-state index in [-0.39, 0.29) is 23.8 Å². The fourth-order valence-corrected chi connectivity index (χ4v) is 5.55. The molecule has 1 fully saturated rings. The SMILES string of the molecule is CCOC(=O)[C@@H]1CCCN([C@@H](c2ccc(Cl)cc2)c2sc3nc(-c4ccco4)nn3c2O)C1. The van der Waals surface area contributed by atoms with Gasteiger partial charge in [0.2, 0.25) is 16.7 Å². The maximum atomic E-state index is 12.5. The molecule has 0 bridgehead atoms. The minimum atomic E-state index is -0.278. The van der Waals surface area contributed by atoms with E-state index in [1.165, 1.54) is 15.9 Å². The van der Waals surface area contributed by atoms with Crippen LogP contribution in [0.25, 0.3) is 16.5 Å². The number of carbonyl (C=O) groups excluding carboxylic acids is 1. The Morgan fingerprint density at radius 1 is 1.36 bits per heavy atom. The van der Waals surface area contributed by atoms with Gasteiger partial charge in [-0.15, -0.1) is 5.10 Å². The standard InChI is InChI=1S/C23H23ClN4O4S/c1-2-31-22(30)15-5-3-11-27(13-15)18(14-7-9-16(24)10-8-14)19-21(29)28-23(33-19)25-20(26-28)17-6-4-12-32-17/h4,6-10,12,15,18,29H,2-3,5,11,13H2,1H3/t15-,18+/m1/s1. The fourth-order valence-electron chi connectivity index (χ4n) is 4.30. The van der Waals surface area contributed by atoms with Gasteiger partial charge in [0, 0.05) is 11.6 Å². The van der Waals surface area contributed by atoms with Crippen LogP contribution in [0.5, 0.6) is 5.88 Å². The first-order valence-electron chi connectivity index (χ1n) is 10.8. The minimum Gasteiger partial charge on any atom is -0.492 e. The topological polar surface area (TPSA) is 93.1 Å². The van der Waals surface area contributed by atoms with Crippen molar-refractivity contribution in [3.8, 4) is 17.5 Å². The highest BCUT2D eigenvalue weighted by Gasteiger charge is 2.35. The van der Waals surface area contributed by atoms with Gasteiger partial charge >= 0.3 is 5.97 Å². The molecular weight excluding hydrogens is 464 g/mol. The molecule has 4 heterocycles. The molecule has 0 spiro atoms. The van der Waals surface area contributed by atoms with Crippen LogP contribution in [0.1, 0.15) is 36.2 Å². The van der Waals surface area contributed by atoms with E-state index in [2.05, 4.69) is 15.0 Å². The number of hydrogen-bond donors (Lipinski definition) is 1. The van der Waals surface area contributed by atoms with E-state index >= 15 is 0 Å². The molecule has 1 aliphatic heterocycles. The number of thiazole rings is 1. The Labute approximate surface area is 199 Å². The average Bonchev–Trinajstić information content (AvgIpc) is 3.55. The van der Waals surface area contributed by atoms with Gasteiger partial charge in [-0.05, 0) is 56.1 Å². The van der Waals surface area contributed by atoms with Gasteiger partial charge in [0.15, 0.2) is 5.76 Å². The van der Waals surface area contributed by atoms with E-state index in [4.69, 9.17) is 20.8 Å². The van der Waals surface area contributed by atoms with Gasteiger partial charge in [-0.2, -0.15) is 9.50 Å². The van der Waals surface area contributed by atoms with Crippen molar-refractivity contribution in [1.82, 2.24) is 19.5 Å². The Kier molecular flexibility index (Phi) is 6.09. The van der Waals surface area contributed by atoms with E-state index in [1.807, 2.05) is 31.2 Å². The average molecular weight is 487 g/mol. The van der Waals surface area contributed by atoms with Crippen LogP contribution in [0.3, 0.4) is 0 Å². The second kappa shape index (κ2) is 9.17. The Morgan fingerprint density at radius 2 is 2.18 bits per heavy atom. The lowest BCUT2D eigenvalue weighted by Crippen LogP contribution is -2.41. The number of piperidine rings is 1. The number of furan rings is 1. The van der Waals surface area contributed by atoms with Gasteiger partial charge in [0.05, 0.1) is 29.7 Å². The van der Waals surface area contributed by atoms with Crippen LogP contribution in [0.2, 0.25) is 5.02 Å². The van der Waals surface area contributed by atoms with Gasteiger partial charge in [-0.25, -0.2) is 0 Å². The molecule has 3 aromatic heterocycles. The number of benzene rings is 1. The molecule has 1 aromatic carbocycles. The number of esters is 1. The molecule has 0 saturated carbocycles. The van der Waals surface area contributed by atoms with Gasteiger partial charge in [0.25, 0.3) is 0 Å². The second-order valence-electron chi connectivity index (χ2n) is 7.94. The third-order valence-corrected chi connectivity index (χ3v) is 7.14. The molecular formula is C23H23ClN4O4S. The first-order valence-corrected chi connectivity index (χ1v) is 12.0. The van der Waals surface area contributed by atoms with Crippen LogP contribution in [0.4, 0.5) is 0 Å².